The lowest BCUT2D eigenvalue weighted by molar-refractivity contribution is -0.131. The van der Waals surface area contributed by atoms with Gasteiger partial charge in [-0.2, -0.15) is 13.2 Å². The lowest BCUT2D eigenvalue weighted by Crippen LogP contribution is -2.34. The molecule has 0 saturated heterocycles. The van der Waals surface area contributed by atoms with Gasteiger partial charge in [0.1, 0.15) is 12.4 Å². The van der Waals surface area contributed by atoms with Crippen molar-refractivity contribution >= 4 is 17.9 Å². The minimum atomic E-state index is -4.29. The summed E-state index contributed by atoms with van der Waals surface area (Å²) in [7, 11) is 0. The highest BCUT2D eigenvalue weighted by Gasteiger charge is 2.30. The monoisotopic (exact) mass is 274 g/mol. The molecule has 1 N–H and O–H groups in total. The molecular formula is C12H13F3N2O2. The Morgan fingerprint density at radius 2 is 2.16 bits per heavy atom. The summed E-state index contributed by atoms with van der Waals surface area (Å²) in [5, 5.41) is 8.44. The molecule has 1 aromatic rings. The molecular weight excluding hydrogens is 261 g/mol. The molecule has 4 nitrogen and oxygen atoms in total. The predicted molar refractivity (Wildman–Crippen MR) is 64.8 cm³/mol. The van der Waals surface area contributed by atoms with E-state index in [-0.39, 0.29) is 12.4 Å². The topological polar surface area (TPSA) is 53.4 Å². The third-order valence-corrected chi connectivity index (χ3v) is 2.26. The fourth-order valence-electron chi connectivity index (χ4n) is 1.42. The SMILES string of the molecule is CCN(CC(F)(F)F)c1ccc(/C=C/C(=O)O)cn1. The molecule has 0 aliphatic heterocycles. The first-order valence-corrected chi connectivity index (χ1v) is 5.50. The van der Waals surface area contributed by atoms with Gasteiger partial charge in [0.25, 0.3) is 0 Å². The summed E-state index contributed by atoms with van der Waals surface area (Å²) >= 11 is 0. The van der Waals surface area contributed by atoms with Crippen molar-refractivity contribution in [3.05, 3.63) is 30.0 Å². The number of carboxylic acids is 1. The lowest BCUT2D eigenvalue weighted by Gasteiger charge is -2.23. The van der Waals surface area contributed by atoms with Gasteiger partial charge >= 0.3 is 12.1 Å². The minimum absolute atomic E-state index is 0.177. The predicted octanol–water partition coefficient (Wildman–Crippen LogP) is 2.57. The highest BCUT2D eigenvalue weighted by molar-refractivity contribution is 5.85. The third kappa shape index (κ3) is 5.41. The standard InChI is InChI=1S/C12H13F3N2O2/c1-2-17(8-12(13,14)15)10-5-3-9(7-16-10)4-6-11(18)19/h3-7H,2,8H2,1H3,(H,18,19)/b6-4+. The van der Waals surface area contributed by atoms with Crippen molar-refractivity contribution in [2.75, 3.05) is 18.0 Å². The maximum Gasteiger partial charge on any atom is 0.405 e. The number of halogens is 3. The van der Waals surface area contributed by atoms with E-state index in [1.807, 2.05) is 0 Å². The molecule has 0 radical (unpaired) electrons. The number of carbonyl (C=O) groups is 1. The molecule has 7 heteroatoms. The Hall–Kier alpha value is -2.05. The van der Waals surface area contributed by atoms with Gasteiger partial charge in [-0.25, -0.2) is 9.78 Å². The van der Waals surface area contributed by atoms with Gasteiger partial charge in [0.2, 0.25) is 0 Å². The largest absolute Gasteiger partial charge is 0.478 e. The summed E-state index contributed by atoms with van der Waals surface area (Å²) in [5.41, 5.74) is 0.509. The first-order valence-electron chi connectivity index (χ1n) is 5.50. The van der Waals surface area contributed by atoms with Crippen molar-refractivity contribution in [2.45, 2.75) is 13.1 Å². The summed E-state index contributed by atoms with van der Waals surface area (Å²) in [6.45, 7) is 0.712. The zero-order valence-electron chi connectivity index (χ0n) is 10.2. The van der Waals surface area contributed by atoms with Crippen LogP contribution >= 0.6 is 0 Å². The molecule has 104 valence electrons. The quantitative estimate of drug-likeness (QED) is 0.838. The van der Waals surface area contributed by atoms with Gasteiger partial charge < -0.3 is 10.0 Å². The maximum atomic E-state index is 12.3. The van der Waals surface area contributed by atoms with Crippen LogP contribution in [0.5, 0.6) is 0 Å². The first-order chi connectivity index (χ1) is 8.81. The smallest absolute Gasteiger partial charge is 0.405 e. The number of hydrogen-bond donors (Lipinski definition) is 1. The van der Waals surface area contributed by atoms with E-state index in [2.05, 4.69) is 4.98 Å². The van der Waals surface area contributed by atoms with Crippen molar-refractivity contribution in [2.24, 2.45) is 0 Å². The molecule has 0 atom stereocenters. The molecule has 0 aliphatic carbocycles. The van der Waals surface area contributed by atoms with E-state index in [1.54, 1.807) is 6.92 Å². The molecule has 1 rings (SSSR count). The van der Waals surface area contributed by atoms with Crippen LogP contribution in [0.15, 0.2) is 24.4 Å². The number of anilines is 1. The average molecular weight is 274 g/mol. The fourth-order valence-corrected chi connectivity index (χ4v) is 1.42. The maximum absolute atomic E-state index is 12.3. The van der Waals surface area contributed by atoms with Gasteiger partial charge in [-0.15, -0.1) is 0 Å². The number of nitrogens with zero attached hydrogens (tertiary/aromatic N) is 2. The van der Waals surface area contributed by atoms with Gasteiger partial charge in [0, 0.05) is 18.8 Å². The van der Waals surface area contributed by atoms with Crippen molar-refractivity contribution in [1.82, 2.24) is 4.98 Å². The number of aliphatic carboxylic acids is 1. The summed E-state index contributed by atoms with van der Waals surface area (Å²) < 4.78 is 37.0. The minimum Gasteiger partial charge on any atom is -0.478 e. The number of alkyl halides is 3. The van der Waals surface area contributed by atoms with Gasteiger partial charge in [-0.05, 0) is 30.7 Å². The molecule has 0 bridgehead atoms. The number of hydrogen-bond acceptors (Lipinski definition) is 3. The van der Waals surface area contributed by atoms with E-state index in [4.69, 9.17) is 5.11 Å². The van der Waals surface area contributed by atoms with Gasteiger partial charge in [-0.3, -0.25) is 0 Å². The molecule has 19 heavy (non-hydrogen) atoms. The van der Waals surface area contributed by atoms with E-state index in [0.717, 1.165) is 11.0 Å². The van der Waals surface area contributed by atoms with E-state index < -0.39 is 18.7 Å². The normalized spacial score (nSPS) is 11.8. The zero-order valence-corrected chi connectivity index (χ0v) is 10.2. The van der Waals surface area contributed by atoms with E-state index in [1.165, 1.54) is 24.4 Å². The van der Waals surface area contributed by atoms with Crippen LogP contribution in [0, 0.1) is 0 Å². The summed E-state index contributed by atoms with van der Waals surface area (Å²) in [5.74, 6) is -0.899. The lowest BCUT2D eigenvalue weighted by atomic mass is 10.2. The van der Waals surface area contributed by atoms with Crippen molar-refractivity contribution in [1.29, 1.82) is 0 Å². The molecule has 0 aliphatic rings. The number of rotatable bonds is 5. The van der Waals surface area contributed by atoms with Crippen LogP contribution in [0.3, 0.4) is 0 Å². The fraction of sp³-hybridized carbons (Fsp3) is 0.333. The Bertz CT molecular complexity index is 455. The molecule has 0 aromatic carbocycles. The third-order valence-electron chi connectivity index (χ3n) is 2.26. The molecule has 0 amide bonds. The average Bonchev–Trinajstić information content (AvgIpc) is 2.33. The van der Waals surface area contributed by atoms with E-state index in [0.29, 0.717) is 5.56 Å². The molecule has 0 unspecified atom stereocenters. The second-order valence-corrected chi connectivity index (χ2v) is 3.75. The van der Waals surface area contributed by atoms with Crippen LogP contribution in [0.4, 0.5) is 19.0 Å². The highest BCUT2D eigenvalue weighted by atomic mass is 19.4. The Kier molecular flexibility index (Phi) is 4.91. The van der Waals surface area contributed by atoms with Crippen LogP contribution in [0.2, 0.25) is 0 Å². The van der Waals surface area contributed by atoms with E-state index >= 15 is 0 Å². The molecule has 1 heterocycles. The molecule has 0 saturated carbocycles. The van der Waals surface area contributed by atoms with Crippen molar-refractivity contribution < 1.29 is 23.1 Å². The summed E-state index contributed by atoms with van der Waals surface area (Å²) in [4.78, 5) is 15.3. The van der Waals surface area contributed by atoms with E-state index in [9.17, 15) is 18.0 Å². The molecule has 0 fully saturated rings. The zero-order chi connectivity index (χ0) is 14.5. The Balaban J connectivity index is 2.81. The van der Waals surface area contributed by atoms with Crippen LogP contribution in [0.1, 0.15) is 12.5 Å². The second kappa shape index (κ2) is 6.21. The van der Waals surface area contributed by atoms with Crippen LogP contribution in [-0.2, 0) is 4.79 Å². The van der Waals surface area contributed by atoms with Crippen molar-refractivity contribution in [3.63, 3.8) is 0 Å². The summed E-state index contributed by atoms with van der Waals surface area (Å²) in [6.07, 6.45) is -0.712. The van der Waals surface area contributed by atoms with Crippen LogP contribution in [-0.4, -0.2) is 35.3 Å². The Labute approximate surface area is 108 Å². The number of aromatic nitrogens is 1. The molecule has 0 spiro atoms. The number of pyridine rings is 1. The Morgan fingerprint density at radius 1 is 1.47 bits per heavy atom. The Morgan fingerprint density at radius 3 is 2.58 bits per heavy atom. The van der Waals surface area contributed by atoms with Crippen LogP contribution < -0.4 is 4.90 Å². The highest BCUT2D eigenvalue weighted by Crippen LogP contribution is 2.20. The van der Waals surface area contributed by atoms with Gasteiger partial charge in [0.15, 0.2) is 0 Å². The summed E-state index contributed by atoms with van der Waals surface area (Å²) in [6, 6.07) is 2.94. The first kappa shape index (κ1) is 15.0. The molecule has 1 aromatic heterocycles. The number of carboxylic acid groups (broad SMARTS) is 1. The van der Waals surface area contributed by atoms with Crippen LogP contribution in [0.25, 0.3) is 6.08 Å². The van der Waals surface area contributed by atoms with Gasteiger partial charge in [-0.1, -0.05) is 0 Å². The van der Waals surface area contributed by atoms with Gasteiger partial charge in [0.05, 0.1) is 0 Å². The van der Waals surface area contributed by atoms with Crippen molar-refractivity contribution in [3.8, 4) is 0 Å². The second-order valence-electron chi connectivity index (χ2n) is 3.75.